The molecule has 2 aliphatic heterocycles. The Kier molecular flexibility index (Phi) is 5.19. The molecule has 9 heteroatoms. The number of esters is 2. The van der Waals surface area contributed by atoms with Crippen molar-refractivity contribution in [3.8, 4) is 0 Å². The van der Waals surface area contributed by atoms with E-state index < -0.39 is 47.9 Å². The van der Waals surface area contributed by atoms with Crippen LogP contribution in [0.5, 0.6) is 0 Å². The first-order chi connectivity index (χ1) is 10.9. The van der Waals surface area contributed by atoms with E-state index in [1.165, 1.54) is 12.0 Å². The van der Waals surface area contributed by atoms with E-state index in [1.54, 1.807) is 6.92 Å². The molecule has 2 aliphatic rings. The average Bonchev–Trinajstić information content (AvgIpc) is 2.90. The van der Waals surface area contributed by atoms with Crippen molar-refractivity contribution in [3.63, 3.8) is 0 Å². The molecule has 0 bridgehead atoms. The summed E-state index contributed by atoms with van der Waals surface area (Å²) in [6.45, 7) is 2.02. The van der Waals surface area contributed by atoms with Gasteiger partial charge in [-0.1, -0.05) is 0 Å². The summed E-state index contributed by atoms with van der Waals surface area (Å²) in [5.74, 6) is -3.92. The average molecular weight is 328 g/mol. The molecule has 1 amide bonds. The van der Waals surface area contributed by atoms with E-state index >= 15 is 0 Å². The minimum atomic E-state index is -1.16. The molecule has 0 spiro atoms. The zero-order valence-electron chi connectivity index (χ0n) is 13.0. The Balaban J connectivity index is 2.24. The number of carbonyl (C=O) groups is 4. The van der Waals surface area contributed by atoms with Crippen molar-refractivity contribution in [1.29, 1.82) is 0 Å². The minimum absolute atomic E-state index is 0.0954. The maximum absolute atomic E-state index is 12.6. The van der Waals surface area contributed by atoms with Crippen LogP contribution in [0.25, 0.3) is 0 Å². The fraction of sp³-hybridized carbons (Fsp3) is 0.714. The molecule has 0 radical (unpaired) electrons. The summed E-state index contributed by atoms with van der Waals surface area (Å²) < 4.78 is 9.48. The first-order valence-electron chi connectivity index (χ1n) is 7.42. The maximum Gasteiger partial charge on any atom is 0.329 e. The maximum atomic E-state index is 12.6. The lowest BCUT2D eigenvalue weighted by Crippen LogP contribution is -2.62. The monoisotopic (exact) mass is 328 g/mol. The zero-order chi connectivity index (χ0) is 17.1. The van der Waals surface area contributed by atoms with E-state index in [1.807, 2.05) is 0 Å². The normalized spacial score (nSPS) is 29.8. The first kappa shape index (κ1) is 17.2. The number of methoxy groups -OCH3 is 1. The van der Waals surface area contributed by atoms with Crippen LogP contribution in [0.3, 0.4) is 0 Å². The predicted octanol–water partition coefficient (Wildman–Crippen LogP) is -1.25. The molecule has 9 nitrogen and oxygen atoms in total. The molecule has 2 fully saturated rings. The summed E-state index contributed by atoms with van der Waals surface area (Å²) in [6.07, 6.45) is -0.00562. The van der Waals surface area contributed by atoms with E-state index in [0.717, 1.165) is 0 Å². The number of hydrogen-bond acceptors (Lipinski definition) is 7. The predicted molar refractivity (Wildman–Crippen MR) is 75.2 cm³/mol. The van der Waals surface area contributed by atoms with Crippen LogP contribution in [0.15, 0.2) is 0 Å². The van der Waals surface area contributed by atoms with E-state index in [-0.39, 0.29) is 19.4 Å². The Labute approximate surface area is 132 Å². The lowest BCUT2D eigenvalue weighted by Gasteiger charge is -2.37. The van der Waals surface area contributed by atoms with E-state index in [4.69, 9.17) is 4.74 Å². The highest BCUT2D eigenvalue weighted by Crippen LogP contribution is 2.34. The molecule has 4 atom stereocenters. The van der Waals surface area contributed by atoms with Crippen molar-refractivity contribution in [2.75, 3.05) is 20.3 Å². The number of ether oxygens (including phenoxy) is 2. The minimum Gasteiger partial charge on any atom is -0.481 e. The van der Waals surface area contributed by atoms with Gasteiger partial charge in [0, 0.05) is 12.6 Å². The molecule has 0 saturated carbocycles. The molecule has 2 rings (SSSR count). The summed E-state index contributed by atoms with van der Waals surface area (Å²) >= 11 is 0. The van der Waals surface area contributed by atoms with Crippen LogP contribution in [0.2, 0.25) is 0 Å². The molecule has 0 aromatic carbocycles. The van der Waals surface area contributed by atoms with Crippen LogP contribution in [0.4, 0.5) is 0 Å². The number of rotatable bonds is 5. The quantitative estimate of drug-likeness (QED) is 0.601. The summed E-state index contributed by atoms with van der Waals surface area (Å²) in [4.78, 5) is 48.8. The molecular weight excluding hydrogens is 308 g/mol. The topological polar surface area (TPSA) is 122 Å². The number of carbonyl (C=O) groups excluding carboxylic acids is 3. The largest absolute Gasteiger partial charge is 0.481 e. The van der Waals surface area contributed by atoms with E-state index in [2.05, 4.69) is 10.1 Å². The van der Waals surface area contributed by atoms with Crippen molar-refractivity contribution in [2.24, 2.45) is 5.92 Å². The number of hydrogen-bond donors (Lipinski definition) is 2. The van der Waals surface area contributed by atoms with Gasteiger partial charge in [0.25, 0.3) is 0 Å². The van der Waals surface area contributed by atoms with Crippen molar-refractivity contribution < 1.29 is 33.8 Å². The highest BCUT2D eigenvalue weighted by atomic mass is 16.5. The molecule has 2 heterocycles. The Bertz CT molecular complexity index is 521. The number of piperazine rings is 1. The second-order valence-electron chi connectivity index (χ2n) is 5.52. The lowest BCUT2D eigenvalue weighted by atomic mass is 9.99. The summed E-state index contributed by atoms with van der Waals surface area (Å²) in [5.41, 5.74) is 0. The summed E-state index contributed by atoms with van der Waals surface area (Å²) in [7, 11) is 1.22. The molecule has 0 aromatic rings. The zero-order valence-corrected chi connectivity index (χ0v) is 13.0. The van der Waals surface area contributed by atoms with E-state index in [9.17, 15) is 24.3 Å². The van der Waals surface area contributed by atoms with Gasteiger partial charge < -0.3 is 24.8 Å². The third-order valence-corrected chi connectivity index (χ3v) is 4.20. The highest BCUT2D eigenvalue weighted by Gasteiger charge is 2.54. The van der Waals surface area contributed by atoms with Gasteiger partial charge >= 0.3 is 17.9 Å². The number of aliphatic carboxylic acids is 1. The molecule has 0 aliphatic carbocycles. The Hall–Kier alpha value is -2.16. The number of amides is 1. The van der Waals surface area contributed by atoms with Crippen LogP contribution >= 0.6 is 0 Å². The molecule has 0 unspecified atom stereocenters. The molecule has 23 heavy (non-hydrogen) atoms. The van der Waals surface area contributed by atoms with Gasteiger partial charge in [-0.2, -0.15) is 0 Å². The third-order valence-electron chi connectivity index (χ3n) is 4.20. The van der Waals surface area contributed by atoms with Crippen molar-refractivity contribution >= 4 is 23.8 Å². The fourth-order valence-corrected chi connectivity index (χ4v) is 3.15. The number of carboxylic acids is 1. The Morgan fingerprint density at radius 3 is 2.65 bits per heavy atom. The fourth-order valence-electron chi connectivity index (χ4n) is 3.15. The second kappa shape index (κ2) is 6.95. The van der Waals surface area contributed by atoms with Crippen molar-refractivity contribution in [1.82, 2.24) is 10.2 Å². The SMILES string of the molecule is CCOC(=O)[C@@H]1[C@@H](C(=O)O)C[C@H]2CN[C@@H](CC(=O)OC)C(=O)N21. The van der Waals surface area contributed by atoms with Crippen LogP contribution in [-0.2, 0) is 28.7 Å². The van der Waals surface area contributed by atoms with Gasteiger partial charge in [0.1, 0.15) is 6.04 Å². The second-order valence-corrected chi connectivity index (χ2v) is 5.52. The Morgan fingerprint density at radius 2 is 2.09 bits per heavy atom. The molecule has 2 saturated heterocycles. The molecule has 128 valence electrons. The van der Waals surface area contributed by atoms with Crippen molar-refractivity contribution in [3.05, 3.63) is 0 Å². The van der Waals surface area contributed by atoms with Gasteiger partial charge in [-0.15, -0.1) is 0 Å². The van der Waals surface area contributed by atoms with Gasteiger partial charge in [0.15, 0.2) is 0 Å². The van der Waals surface area contributed by atoms with Crippen LogP contribution in [0.1, 0.15) is 19.8 Å². The molecule has 2 N–H and O–H groups in total. The van der Waals surface area contributed by atoms with Gasteiger partial charge in [0.05, 0.1) is 32.1 Å². The molecule has 0 aromatic heterocycles. The summed E-state index contributed by atoms with van der Waals surface area (Å²) in [6, 6.07) is -2.40. The Morgan fingerprint density at radius 1 is 1.39 bits per heavy atom. The first-order valence-corrected chi connectivity index (χ1v) is 7.42. The van der Waals surface area contributed by atoms with Crippen LogP contribution in [0, 0.1) is 5.92 Å². The van der Waals surface area contributed by atoms with Gasteiger partial charge in [-0.25, -0.2) is 4.79 Å². The van der Waals surface area contributed by atoms with Crippen molar-refractivity contribution in [2.45, 2.75) is 37.9 Å². The van der Waals surface area contributed by atoms with E-state index in [0.29, 0.717) is 6.54 Å². The molecular formula is C14H20N2O7. The smallest absolute Gasteiger partial charge is 0.329 e. The van der Waals surface area contributed by atoms with Gasteiger partial charge in [-0.05, 0) is 13.3 Å². The van der Waals surface area contributed by atoms with Gasteiger partial charge in [-0.3, -0.25) is 14.4 Å². The van der Waals surface area contributed by atoms with Gasteiger partial charge in [0.2, 0.25) is 5.91 Å². The number of carboxylic acid groups (broad SMARTS) is 1. The number of nitrogens with one attached hydrogen (secondary N) is 1. The lowest BCUT2D eigenvalue weighted by molar-refractivity contribution is -0.161. The highest BCUT2D eigenvalue weighted by molar-refractivity contribution is 5.94. The third kappa shape index (κ3) is 3.29. The summed E-state index contributed by atoms with van der Waals surface area (Å²) in [5, 5.41) is 12.3. The standard InChI is InChI=1S/C14H20N2O7/c1-3-23-14(21)11-8(13(19)20)4-7-6-15-9(5-10(17)22-2)12(18)16(7)11/h7-9,11,15H,3-6H2,1-2H3,(H,19,20)/t7-,8-,9-,11-/m0/s1. The van der Waals surface area contributed by atoms with Crippen LogP contribution < -0.4 is 5.32 Å². The number of nitrogens with zero attached hydrogens (tertiary/aromatic N) is 1. The number of fused-ring (bicyclic) bond motifs is 1. The van der Waals surface area contributed by atoms with Crippen LogP contribution in [-0.4, -0.2) is 72.2 Å².